The highest BCUT2D eigenvalue weighted by atomic mass is 15.2. The summed E-state index contributed by atoms with van der Waals surface area (Å²) in [4.78, 5) is 16.6. The van der Waals surface area contributed by atoms with Crippen molar-refractivity contribution in [3.05, 3.63) is 67.5 Å². The highest BCUT2D eigenvalue weighted by Crippen LogP contribution is 2.31. The number of aromatic nitrogens is 6. The van der Waals surface area contributed by atoms with Gasteiger partial charge in [0.2, 0.25) is 0 Å². The van der Waals surface area contributed by atoms with Gasteiger partial charge in [0, 0.05) is 46.2 Å². The number of nitrogens with one attached hydrogen (secondary N) is 3. The molecule has 5 heterocycles. The first-order valence-corrected chi connectivity index (χ1v) is 10.5. The lowest BCUT2D eigenvalue weighted by Gasteiger charge is -2.20. The summed E-state index contributed by atoms with van der Waals surface area (Å²) in [6, 6.07) is 8.23. The molecule has 160 valence electrons. The predicted molar refractivity (Wildman–Crippen MR) is 129 cm³/mol. The Bertz CT molecular complexity index is 1400. The van der Waals surface area contributed by atoms with Gasteiger partial charge in [0.15, 0.2) is 5.65 Å². The third-order valence-corrected chi connectivity index (χ3v) is 5.24. The maximum absolute atomic E-state index is 4.56. The summed E-state index contributed by atoms with van der Waals surface area (Å²) in [5.74, 6) is 0. The van der Waals surface area contributed by atoms with Gasteiger partial charge in [-0.15, -0.1) is 0 Å². The van der Waals surface area contributed by atoms with E-state index in [1.54, 1.807) is 6.20 Å². The van der Waals surface area contributed by atoms with E-state index in [4.69, 9.17) is 0 Å². The van der Waals surface area contributed by atoms with Crippen LogP contribution >= 0.6 is 0 Å². The molecule has 0 fully saturated rings. The molecule has 0 aromatic carbocycles. The largest absolute Gasteiger partial charge is 0.358 e. The highest BCUT2D eigenvalue weighted by Gasteiger charge is 2.14. The molecule has 0 radical (unpaired) electrons. The molecule has 0 atom stereocenters. The van der Waals surface area contributed by atoms with E-state index in [0.29, 0.717) is 5.65 Å². The van der Waals surface area contributed by atoms with E-state index in [9.17, 15) is 0 Å². The summed E-state index contributed by atoms with van der Waals surface area (Å²) in [7, 11) is 0. The molecule has 0 spiro atoms. The van der Waals surface area contributed by atoms with Gasteiger partial charge in [-0.1, -0.05) is 27.4 Å². The molecule has 5 rings (SSSR count). The molecule has 0 saturated carbocycles. The van der Waals surface area contributed by atoms with Crippen LogP contribution in [-0.4, -0.2) is 30.1 Å². The van der Waals surface area contributed by atoms with Crippen LogP contribution in [0.2, 0.25) is 0 Å². The number of hydrogen-bond acceptors (Lipinski definition) is 5. The number of fused-ring (bicyclic) bond motifs is 2. The van der Waals surface area contributed by atoms with Crippen LogP contribution in [-0.2, 0) is 0 Å². The van der Waals surface area contributed by atoms with Gasteiger partial charge in [0.25, 0.3) is 0 Å². The van der Waals surface area contributed by atoms with E-state index < -0.39 is 0 Å². The van der Waals surface area contributed by atoms with E-state index in [1.807, 2.05) is 30.9 Å². The van der Waals surface area contributed by atoms with Crippen molar-refractivity contribution in [1.29, 1.82) is 0 Å². The number of hydrogen-bond donors (Lipinski definition) is 3. The third kappa shape index (κ3) is 3.97. The normalized spacial score (nSPS) is 11.8. The molecule has 3 N–H and O–H groups in total. The molecule has 0 aliphatic carbocycles. The molecule has 0 aliphatic heterocycles. The summed E-state index contributed by atoms with van der Waals surface area (Å²) < 4.78 is 0. The average Bonchev–Trinajstić information content (AvgIpc) is 3.35. The Balaban J connectivity index is 1.49. The summed E-state index contributed by atoms with van der Waals surface area (Å²) in [6.07, 6.45) is 9.96. The van der Waals surface area contributed by atoms with Crippen LogP contribution < -0.4 is 5.32 Å². The Hall–Kier alpha value is -4.00. The van der Waals surface area contributed by atoms with Crippen LogP contribution in [0.15, 0.2) is 67.5 Å². The van der Waals surface area contributed by atoms with Crippen LogP contribution in [0.3, 0.4) is 0 Å². The second-order valence-electron chi connectivity index (χ2n) is 9.27. The van der Waals surface area contributed by atoms with Crippen LogP contribution in [0.1, 0.15) is 27.2 Å². The zero-order valence-electron chi connectivity index (χ0n) is 18.4. The molecule has 0 unspecified atom stereocenters. The van der Waals surface area contributed by atoms with E-state index in [1.165, 1.54) is 0 Å². The van der Waals surface area contributed by atoms with Gasteiger partial charge in [-0.05, 0) is 36.1 Å². The molecule has 7 nitrogen and oxygen atoms in total. The lowest BCUT2D eigenvalue weighted by molar-refractivity contribution is 0.411. The van der Waals surface area contributed by atoms with E-state index >= 15 is 0 Å². The number of rotatable bonds is 5. The molecule has 0 saturated heterocycles. The van der Waals surface area contributed by atoms with Crippen molar-refractivity contribution >= 4 is 27.6 Å². The topological polar surface area (TPSA) is 95.2 Å². The number of nitrogens with zero attached hydrogens (tertiary/aromatic N) is 4. The summed E-state index contributed by atoms with van der Waals surface area (Å²) in [6.45, 7) is 10.8. The van der Waals surface area contributed by atoms with Gasteiger partial charge in [-0.3, -0.25) is 15.1 Å². The molecular weight excluding hydrogens is 398 g/mol. The fourth-order valence-corrected chi connectivity index (χ4v) is 3.92. The molecule has 0 bridgehead atoms. The Morgan fingerprint density at radius 1 is 1.03 bits per heavy atom. The minimum absolute atomic E-state index is 0.167. The number of H-pyrrole nitrogens is 2. The van der Waals surface area contributed by atoms with Gasteiger partial charge in [0.05, 0.1) is 35.0 Å². The molecule has 32 heavy (non-hydrogen) atoms. The van der Waals surface area contributed by atoms with Crippen molar-refractivity contribution in [2.75, 3.05) is 5.32 Å². The Morgan fingerprint density at radius 2 is 1.88 bits per heavy atom. The van der Waals surface area contributed by atoms with E-state index in [-0.39, 0.29) is 5.41 Å². The Labute approximate surface area is 186 Å². The molecule has 5 aromatic rings. The quantitative estimate of drug-likeness (QED) is 0.326. The average molecular weight is 424 g/mol. The standard InChI is InChI=1S/C25H25N7/c1-15(10-25(2,3)4)29-19-7-17(11-27-13-19)18-8-20-23(31-32-24(20)28-12-18)21-9-16-5-6-26-14-22(16)30-21/h5-9,11-14,29-30H,1,10H2,2-4H3,(H,28,31,32). The lowest BCUT2D eigenvalue weighted by Crippen LogP contribution is -2.10. The number of allylic oxidation sites excluding steroid dienone is 1. The second kappa shape index (κ2) is 7.60. The maximum atomic E-state index is 4.56. The maximum Gasteiger partial charge on any atom is 0.181 e. The first-order valence-electron chi connectivity index (χ1n) is 10.5. The van der Waals surface area contributed by atoms with Crippen molar-refractivity contribution in [1.82, 2.24) is 30.1 Å². The van der Waals surface area contributed by atoms with Crippen molar-refractivity contribution in [3.63, 3.8) is 0 Å². The van der Waals surface area contributed by atoms with Crippen molar-refractivity contribution in [2.45, 2.75) is 27.2 Å². The molecular formula is C25H25N7. The number of pyridine rings is 3. The highest BCUT2D eigenvalue weighted by molar-refractivity contribution is 5.95. The fourth-order valence-electron chi connectivity index (χ4n) is 3.92. The summed E-state index contributed by atoms with van der Waals surface area (Å²) in [5, 5.41) is 12.9. The minimum Gasteiger partial charge on any atom is -0.358 e. The third-order valence-electron chi connectivity index (χ3n) is 5.24. The first kappa shape index (κ1) is 19.9. The molecule has 7 heteroatoms. The van der Waals surface area contributed by atoms with Gasteiger partial charge in [0.1, 0.15) is 0 Å². The van der Waals surface area contributed by atoms with Gasteiger partial charge >= 0.3 is 0 Å². The molecule has 0 amide bonds. The van der Waals surface area contributed by atoms with Gasteiger partial charge < -0.3 is 10.3 Å². The zero-order valence-corrected chi connectivity index (χ0v) is 18.4. The number of aromatic amines is 2. The first-order chi connectivity index (χ1) is 15.4. The predicted octanol–water partition coefficient (Wildman–Crippen LogP) is 5.93. The van der Waals surface area contributed by atoms with Crippen molar-refractivity contribution < 1.29 is 0 Å². The van der Waals surface area contributed by atoms with Gasteiger partial charge in [-0.2, -0.15) is 5.10 Å². The summed E-state index contributed by atoms with van der Waals surface area (Å²) in [5.41, 5.74) is 7.47. The van der Waals surface area contributed by atoms with Crippen LogP contribution in [0.5, 0.6) is 0 Å². The lowest BCUT2D eigenvalue weighted by atomic mass is 9.91. The van der Waals surface area contributed by atoms with E-state index in [0.717, 1.165) is 56.6 Å². The van der Waals surface area contributed by atoms with Gasteiger partial charge in [-0.25, -0.2) is 4.98 Å². The monoisotopic (exact) mass is 423 g/mol. The smallest absolute Gasteiger partial charge is 0.181 e. The van der Waals surface area contributed by atoms with Crippen LogP contribution in [0.25, 0.3) is 44.5 Å². The second-order valence-corrected chi connectivity index (χ2v) is 9.27. The molecule has 0 aliphatic rings. The van der Waals surface area contributed by atoms with Crippen molar-refractivity contribution in [2.24, 2.45) is 5.41 Å². The van der Waals surface area contributed by atoms with Crippen LogP contribution in [0, 0.1) is 5.41 Å². The SMILES string of the molecule is C=C(CC(C)(C)C)Nc1cncc(-c2cnc3n[nH]c(-c4cc5ccncc5[nH]4)c3c2)c1. The molecule has 5 aromatic heterocycles. The van der Waals surface area contributed by atoms with E-state index in [2.05, 4.69) is 81.0 Å². The Kier molecular flexibility index (Phi) is 4.74. The Morgan fingerprint density at radius 3 is 2.69 bits per heavy atom. The fraction of sp³-hybridized carbons (Fsp3) is 0.200. The van der Waals surface area contributed by atoms with Crippen LogP contribution in [0.4, 0.5) is 5.69 Å². The summed E-state index contributed by atoms with van der Waals surface area (Å²) >= 11 is 0. The number of anilines is 1. The van der Waals surface area contributed by atoms with Crippen molar-refractivity contribution in [3.8, 4) is 22.5 Å². The zero-order chi connectivity index (χ0) is 22.3. The minimum atomic E-state index is 0.167.